The fraction of sp³-hybridized carbons (Fsp3) is 0.583. The Hall–Kier alpha value is -1.27. The van der Waals surface area contributed by atoms with Gasteiger partial charge in [-0.1, -0.05) is 12.2 Å². The molecule has 0 aliphatic carbocycles. The summed E-state index contributed by atoms with van der Waals surface area (Å²) in [4.78, 5) is 10.8. The van der Waals surface area contributed by atoms with E-state index in [0.29, 0.717) is 16.6 Å². The summed E-state index contributed by atoms with van der Waals surface area (Å²) in [5.41, 5.74) is 6.17. The zero-order valence-electron chi connectivity index (χ0n) is 10.5. The molecule has 1 atom stereocenters. The fourth-order valence-corrected chi connectivity index (χ4v) is 2.12. The summed E-state index contributed by atoms with van der Waals surface area (Å²) in [6.07, 6.45) is 5.43. The molecule has 1 unspecified atom stereocenters. The van der Waals surface area contributed by atoms with Crippen molar-refractivity contribution in [1.29, 1.82) is 0 Å². The average Bonchev–Trinajstić information content (AvgIpc) is 2.40. The molecule has 2 heterocycles. The zero-order chi connectivity index (χ0) is 13.0. The lowest BCUT2D eigenvalue weighted by atomic mass is 10.1. The van der Waals surface area contributed by atoms with Crippen LogP contribution in [0.4, 0.5) is 5.95 Å². The lowest BCUT2D eigenvalue weighted by Crippen LogP contribution is -2.34. The minimum absolute atomic E-state index is 0.265. The highest BCUT2D eigenvalue weighted by atomic mass is 32.1. The molecule has 18 heavy (non-hydrogen) atoms. The van der Waals surface area contributed by atoms with Gasteiger partial charge in [0.05, 0.1) is 6.10 Å². The van der Waals surface area contributed by atoms with Gasteiger partial charge in [-0.05, 0) is 25.3 Å². The van der Waals surface area contributed by atoms with Crippen molar-refractivity contribution in [2.45, 2.75) is 25.4 Å². The molecule has 0 amide bonds. The Balaban J connectivity index is 2.01. The Labute approximate surface area is 112 Å². The van der Waals surface area contributed by atoms with Crippen molar-refractivity contribution in [3.05, 3.63) is 18.0 Å². The number of hydrogen-bond donors (Lipinski definition) is 1. The summed E-state index contributed by atoms with van der Waals surface area (Å²) in [5.74, 6) is 0.634. The smallest absolute Gasteiger partial charge is 0.225 e. The van der Waals surface area contributed by atoms with E-state index in [0.717, 1.165) is 26.0 Å². The second-order valence-electron chi connectivity index (χ2n) is 4.48. The molecular weight excluding hydrogens is 248 g/mol. The third kappa shape index (κ3) is 3.36. The first kappa shape index (κ1) is 13.2. The lowest BCUT2D eigenvalue weighted by Gasteiger charge is -2.27. The number of aromatic nitrogens is 2. The van der Waals surface area contributed by atoms with Gasteiger partial charge in [0, 0.05) is 26.4 Å². The van der Waals surface area contributed by atoms with Crippen LogP contribution in [0.5, 0.6) is 0 Å². The zero-order valence-corrected chi connectivity index (χ0v) is 11.3. The lowest BCUT2D eigenvalue weighted by molar-refractivity contribution is 0.0214. The number of nitrogens with zero attached hydrogens (tertiary/aromatic N) is 3. The number of anilines is 1. The molecule has 0 aromatic carbocycles. The molecule has 98 valence electrons. The standard InChI is InChI=1S/C12H18N4OS/c1-16(8-9-4-2-3-7-17-9)12-14-6-5-10(15-12)11(13)18/h5-6,9H,2-4,7-8H2,1H3,(H2,13,18). The molecular formula is C12H18N4OS. The van der Waals surface area contributed by atoms with Crippen LogP contribution >= 0.6 is 12.2 Å². The van der Waals surface area contributed by atoms with Crippen LogP contribution in [0.3, 0.4) is 0 Å². The third-order valence-electron chi connectivity index (χ3n) is 2.99. The molecule has 0 bridgehead atoms. The molecule has 2 rings (SSSR count). The van der Waals surface area contributed by atoms with Gasteiger partial charge in [0.2, 0.25) is 5.95 Å². The largest absolute Gasteiger partial charge is 0.388 e. The molecule has 0 radical (unpaired) electrons. The number of likely N-dealkylation sites (N-methyl/N-ethyl adjacent to an activating group) is 1. The van der Waals surface area contributed by atoms with E-state index in [1.54, 1.807) is 12.3 Å². The Morgan fingerprint density at radius 3 is 3.11 bits per heavy atom. The van der Waals surface area contributed by atoms with Crippen molar-refractivity contribution in [2.75, 3.05) is 25.1 Å². The Bertz CT molecular complexity index is 420. The molecule has 0 spiro atoms. The molecule has 5 nitrogen and oxygen atoms in total. The molecule has 2 N–H and O–H groups in total. The maximum atomic E-state index is 5.70. The second-order valence-corrected chi connectivity index (χ2v) is 4.92. The maximum absolute atomic E-state index is 5.70. The van der Waals surface area contributed by atoms with Crippen molar-refractivity contribution in [1.82, 2.24) is 9.97 Å². The van der Waals surface area contributed by atoms with E-state index in [2.05, 4.69) is 9.97 Å². The van der Waals surface area contributed by atoms with Crippen molar-refractivity contribution >= 4 is 23.2 Å². The van der Waals surface area contributed by atoms with Crippen molar-refractivity contribution in [3.8, 4) is 0 Å². The first-order chi connectivity index (χ1) is 8.66. The summed E-state index contributed by atoms with van der Waals surface area (Å²) in [5, 5.41) is 0. The summed E-state index contributed by atoms with van der Waals surface area (Å²) in [7, 11) is 1.96. The van der Waals surface area contributed by atoms with Gasteiger partial charge in [-0.15, -0.1) is 0 Å². The first-order valence-electron chi connectivity index (χ1n) is 6.12. The van der Waals surface area contributed by atoms with E-state index in [-0.39, 0.29) is 6.10 Å². The van der Waals surface area contributed by atoms with Gasteiger partial charge < -0.3 is 15.4 Å². The number of ether oxygens (including phenoxy) is 1. The number of hydrogen-bond acceptors (Lipinski definition) is 5. The summed E-state index contributed by atoms with van der Waals surface area (Å²) >= 11 is 4.91. The third-order valence-corrected chi connectivity index (χ3v) is 3.20. The normalized spacial score (nSPS) is 19.5. The predicted molar refractivity (Wildman–Crippen MR) is 74.8 cm³/mol. The second kappa shape index (κ2) is 6.06. The minimum Gasteiger partial charge on any atom is -0.388 e. The van der Waals surface area contributed by atoms with Gasteiger partial charge in [-0.25, -0.2) is 9.97 Å². The first-order valence-corrected chi connectivity index (χ1v) is 6.53. The van der Waals surface area contributed by atoms with Crippen LogP contribution in [0.2, 0.25) is 0 Å². The van der Waals surface area contributed by atoms with Gasteiger partial charge in [-0.2, -0.15) is 0 Å². The SMILES string of the molecule is CN(CC1CCCCO1)c1nccc(C(N)=S)n1. The Kier molecular flexibility index (Phi) is 4.43. The highest BCUT2D eigenvalue weighted by Crippen LogP contribution is 2.15. The van der Waals surface area contributed by atoms with E-state index < -0.39 is 0 Å². The average molecular weight is 266 g/mol. The topological polar surface area (TPSA) is 64.3 Å². The number of nitrogens with two attached hydrogens (primary N) is 1. The molecule has 1 fully saturated rings. The van der Waals surface area contributed by atoms with E-state index in [1.807, 2.05) is 11.9 Å². The van der Waals surface area contributed by atoms with Crippen LogP contribution in [-0.4, -0.2) is 41.3 Å². The highest BCUT2D eigenvalue weighted by Gasteiger charge is 2.17. The van der Waals surface area contributed by atoms with Crippen molar-refractivity contribution < 1.29 is 4.74 Å². The van der Waals surface area contributed by atoms with E-state index in [9.17, 15) is 0 Å². The highest BCUT2D eigenvalue weighted by molar-refractivity contribution is 7.80. The molecule has 1 aliphatic rings. The Morgan fingerprint density at radius 2 is 2.44 bits per heavy atom. The van der Waals surface area contributed by atoms with E-state index in [1.165, 1.54) is 6.42 Å². The van der Waals surface area contributed by atoms with Crippen LogP contribution in [0.25, 0.3) is 0 Å². The minimum atomic E-state index is 0.265. The quantitative estimate of drug-likeness (QED) is 0.824. The molecule has 1 aromatic rings. The molecule has 0 saturated carbocycles. The van der Waals surface area contributed by atoms with Crippen molar-refractivity contribution in [3.63, 3.8) is 0 Å². The molecule has 6 heteroatoms. The van der Waals surface area contributed by atoms with Crippen LogP contribution in [-0.2, 0) is 4.74 Å². The van der Waals surface area contributed by atoms with Gasteiger partial charge in [0.1, 0.15) is 10.7 Å². The van der Waals surface area contributed by atoms with E-state index in [4.69, 9.17) is 22.7 Å². The monoisotopic (exact) mass is 266 g/mol. The van der Waals surface area contributed by atoms with Crippen LogP contribution in [0.15, 0.2) is 12.3 Å². The number of rotatable bonds is 4. The maximum Gasteiger partial charge on any atom is 0.225 e. The summed E-state index contributed by atoms with van der Waals surface area (Å²) in [6.45, 7) is 1.65. The molecule has 1 aliphatic heterocycles. The van der Waals surface area contributed by atoms with Gasteiger partial charge in [0.15, 0.2) is 0 Å². The molecule has 1 saturated heterocycles. The van der Waals surface area contributed by atoms with Crippen molar-refractivity contribution in [2.24, 2.45) is 5.73 Å². The fourth-order valence-electron chi connectivity index (χ4n) is 2.01. The Morgan fingerprint density at radius 1 is 1.61 bits per heavy atom. The summed E-state index contributed by atoms with van der Waals surface area (Å²) in [6, 6.07) is 1.72. The predicted octanol–water partition coefficient (Wildman–Crippen LogP) is 1.12. The van der Waals surface area contributed by atoms with Gasteiger partial charge >= 0.3 is 0 Å². The van der Waals surface area contributed by atoms with E-state index >= 15 is 0 Å². The number of thiocarbonyl (C=S) groups is 1. The van der Waals surface area contributed by atoms with Crippen LogP contribution in [0.1, 0.15) is 25.0 Å². The van der Waals surface area contributed by atoms with Gasteiger partial charge in [0.25, 0.3) is 0 Å². The summed E-state index contributed by atoms with van der Waals surface area (Å²) < 4.78 is 5.70. The van der Waals surface area contributed by atoms with Crippen LogP contribution in [0, 0.1) is 0 Å². The molecule has 1 aromatic heterocycles. The van der Waals surface area contributed by atoms with Crippen LogP contribution < -0.4 is 10.6 Å². The van der Waals surface area contributed by atoms with Gasteiger partial charge in [-0.3, -0.25) is 0 Å².